The maximum absolute atomic E-state index is 4.22. The average molecular weight is 401 g/mol. The van der Waals surface area contributed by atoms with Crippen LogP contribution in [0.5, 0.6) is 0 Å². The molecular formula is C26H28N2S. The van der Waals surface area contributed by atoms with Gasteiger partial charge in [-0.25, -0.2) is 4.98 Å². The van der Waals surface area contributed by atoms with Crippen molar-refractivity contribution in [2.45, 2.75) is 43.7 Å². The van der Waals surface area contributed by atoms with Crippen molar-refractivity contribution in [2.24, 2.45) is 0 Å². The Labute approximate surface area is 178 Å². The van der Waals surface area contributed by atoms with Gasteiger partial charge in [-0.3, -0.25) is 0 Å². The van der Waals surface area contributed by atoms with Crippen LogP contribution in [-0.2, 0) is 17.7 Å². The Morgan fingerprint density at radius 1 is 0.931 bits per heavy atom. The smallest absolute Gasteiger partial charge is 0.0946 e. The molecule has 0 amide bonds. The van der Waals surface area contributed by atoms with Gasteiger partial charge in [0.15, 0.2) is 0 Å². The Kier molecular flexibility index (Phi) is 5.77. The Hall–Kier alpha value is -2.52. The Morgan fingerprint density at radius 2 is 1.69 bits per heavy atom. The number of imidazole rings is 1. The van der Waals surface area contributed by atoms with E-state index in [1.165, 1.54) is 27.5 Å². The van der Waals surface area contributed by atoms with Crippen molar-refractivity contribution < 1.29 is 0 Å². The van der Waals surface area contributed by atoms with E-state index in [1.54, 1.807) is 0 Å². The normalized spacial score (nSPS) is 12.9. The zero-order valence-electron chi connectivity index (χ0n) is 17.4. The zero-order chi connectivity index (χ0) is 20.3. The van der Waals surface area contributed by atoms with Crippen LogP contribution in [0.25, 0.3) is 10.8 Å². The molecule has 148 valence electrons. The molecule has 0 aliphatic carbocycles. The van der Waals surface area contributed by atoms with Crippen LogP contribution in [0.3, 0.4) is 0 Å². The molecule has 3 aromatic carbocycles. The molecular weight excluding hydrogens is 372 g/mol. The van der Waals surface area contributed by atoms with Gasteiger partial charge in [0, 0.05) is 29.9 Å². The number of thioether (sulfide) groups is 1. The van der Waals surface area contributed by atoms with Crippen molar-refractivity contribution in [1.82, 2.24) is 9.55 Å². The summed E-state index contributed by atoms with van der Waals surface area (Å²) < 4.78 is 2.18. The van der Waals surface area contributed by atoms with E-state index in [0.717, 1.165) is 12.3 Å². The van der Waals surface area contributed by atoms with Gasteiger partial charge in [0.05, 0.1) is 6.33 Å². The van der Waals surface area contributed by atoms with E-state index in [0.29, 0.717) is 5.25 Å². The van der Waals surface area contributed by atoms with E-state index in [1.807, 2.05) is 30.5 Å². The van der Waals surface area contributed by atoms with E-state index in [4.69, 9.17) is 0 Å². The summed E-state index contributed by atoms with van der Waals surface area (Å²) in [6, 6.07) is 24.5. The molecule has 0 fully saturated rings. The van der Waals surface area contributed by atoms with Crippen LogP contribution in [0.4, 0.5) is 0 Å². The van der Waals surface area contributed by atoms with Crippen LogP contribution < -0.4 is 0 Å². The first-order valence-corrected chi connectivity index (χ1v) is 11.2. The highest BCUT2D eigenvalue weighted by atomic mass is 32.2. The summed E-state index contributed by atoms with van der Waals surface area (Å²) in [4.78, 5) is 4.22. The van der Waals surface area contributed by atoms with Crippen LogP contribution in [-0.4, -0.2) is 9.55 Å². The van der Waals surface area contributed by atoms with E-state index < -0.39 is 0 Å². The summed E-state index contributed by atoms with van der Waals surface area (Å²) in [5, 5.41) is 2.97. The Balaban J connectivity index is 1.55. The van der Waals surface area contributed by atoms with E-state index >= 15 is 0 Å². The van der Waals surface area contributed by atoms with Gasteiger partial charge in [0.2, 0.25) is 0 Å². The van der Waals surface area contributed by atoms with Crippen LogP contribution in [0.1, 0.15) is 42.7 Å². The molecule has 0 spiro atoms. The van der Waals surface area contributed by atoms with Crippen molar-refractivity contribution >= 4 is 22.5 Å². The third-order valence-corrected chi connectivity index (χ3v) is 6.68. The summed E-state index contributed by atoms with van der Waals surface area (Å²) in [6.07, 6.45) is 5.81. The lowest BCUT2D eigenvalue weighted by molar-refractivity contribution is 0.590. The highest BCUT2D eigenvalue weighted by Crippen LogP contribution is 2.35. The van der Waals surface area contributed by atoms with Gasteiger partial charge in [-0.15, -0.1) is 11.8 Å². The van der Waals surface area contributed by atoms with Gasteiger partial charge in [-0.1, -0.05) is 81.4 Å². The molecule has 0 aliphatic rings. The third-order valence-electron chi connectivity index (χ3n) is 5.35. The second-order valence-corrected chi connectivity index (χ2v) is 9.80. The number of rotatable bonds is 6. The van der Waals surface area contributed by atoms with Gasteiger partial charge >= 0.3 is 0 Å². The van der Waals surface area contributed by atoms with Crippen LogP contribution >= 0.6 is 11.8 Å². The monoisotopic (exact) mass is 400 g/mol. The molecule has 1 aromatic heterocycles. The fraction of sp³-hybridized carbons (Fsp3) is 0.269. The van der Waals surface area contributed by atoms with Crippen LogP contribution in [0.2, 0.25) is 0 Å². The third kappa shape index (κ3) is 4.91. The SMILES string of the molecule is CC(C)(C)c1ccc(CSC(Cn2ccnc2)c2ccc3ccccc3c2)cc1. The lowest BCUT2D eigenvalue weighted by atomic mass is 9.87. The highest BCUT2D eigenvalue weighted by molar-refractivity contribution is 7.98. The molecule has 0 bridgehead atoms. The van der Waals surface area contributed by atoms with Crippen molar-refractivity contribution in [2.75, 3.05) is 0 Å². The minimum Gasteiger partial charge on any atom is -0.336 e. The number of hydrogen-bond acceptors (Lipinski definition) is 2. The summed E-state index contributed by atoms with van der Waals surface area (Å²) in [5.41, 5.74) is 4.32. The van der Waals surface area contributed by atoms with E-state index in [2.05, 4.69) is 97.1 Å². The van der Waals surface area contributed by atoms with Gasteiger partial charge in [-0.2, -0.15) is 0 Å². The molecule has 0 saturated heterocycles. The number of fused-ring (bicyclic) bond motifs is 1. The first-order chi connectivity index (χ1) is 14.0. The molecule has 2 nitrogen and oxygen atoms in total. The summed E-state index contributed by atoms with van der Waals surface area (Å²) in [7, 11) is 0. The molecule has 1 heterocycles. The number of nitrogens with zero attached hydrogens (tertiary/aromatic N) is 2. The quantitative estimate of drug-likeness (QED) is 0.346. The predicted octanol–water partition coefficient (Wildman–Crippen LogP) is 7.01. The van der Waals surface area contributed by atoms with Gasteiger partial charge in [-0.05, 0) is 38.9 Å². The molecule has 29 heavy (non-hydrogen) atoms. The topological polar surface area (TPSA) is 17.8 Å². The van der Waals surface area contributed by atoms with E-state index in [-0.39, 0.29) is 5.41 Å². The molecule has 0 N–H and O–H groups in total. The lowest BCUT2D eigenvalue weighted by Gasteiger charge is -2.20. The molecule has 0 aliphatic heterocycles. The number of aromatic nitrogens is 2. The molecule has 4 aromatic rings. The first-order valence-electron chi connectivity index (χ1n) is 10.1. The first kappa shape index (κ1) is 19.8. The molecule has 0 radical (unpaired) electrons. The Morgan fingerprint density at radius 3 is 2.38 bits per heavy atom. The zero-order valence-corrected chi connectivity index (χ0v) is 18.2. The van der Waals surface area contributed by atoms with Crippen molar-refractivity contribution in [3.05, 3.63) is 102 Å². The van der Waals surface area contributed by atoms with Gasteiger partial charge in [0.25, 0.3) is 0 Å². The minimum absolute atomic E-state index is 0.195. The molecule has 1 atom stereocenters. The van der Waals surface area contributed by atoms with Crippen molar-refractivity contribution in [1.29, 1.82) is 0 Å². The summed E-state index contributed by atoms with van der Waals surface area (Å²) >= 11 is 2.00. The molecule has 0 saturated carbocycles. The lowest BCUT2D eigenvalue weighted by Crippen LogP contribution is -2.10. The standard InChI is InChI=1S/C26H28N2S/c1-26(2,3)24-12-8-20(9-13-24)18-29-25(17-28-15-14-27-19-28)23-11-10-21-6-4-5-7-22(21)16-23/h4-16,19,25H,17-18H2,1-3H3. The van der Waals surface area contributed by atoms with Gasteiger partial charge < -0.3 is 4.57 Å². The number of hydrogen-bond donors (Lipinski definition) is 0. The maximum atomic E-state index is 4.22. The fourth-order valence-electron chi connectivity index (χ4n) is 3.55. The van der Waals surface area contributed by atoms with Crippen molar-refractivity contribution in [3.63, 3.8) is 0 Å². The average Bonchev–Trinajstić information content (AvgIpc) is 3.23. The molecule has 3 heteroatoms. The predicted molar refractivity (Wildman–Crippen MR) is 125 cm³/mol. The largest absolute Gasteiger partial charge is 0.336 e. The van der Waals surface area contributed by atoms with Crippen molar-refractivity contribution in [3.8, 4) is 0 Å². The maximum Gasteiger partial charge on any atom is 0.0946 e. The molecule has 1 unspecified atom stereocenters. The fourth-order valence-corrected chi connectivity index (χ4v) is 4.75. The van der Waals surface area contributed by atoms with E-state index in [9.17, 15) is 0 Å². The second kappa shape index (κ2) is 8.46. The van der Waals surface area contributed by atoms with Crippen LogP contribution in [0, 0.1) is 0 Å². The minimum atomic E-state index is 0.195. The summed E-state index contributed by atoms with van der Waals surface area (Å²) in [5.74, 6) is 0.997. The summed E-state index contributed by atoms with van der Waals surface area (Å²) in [6.45, 7) is 7.70. The van der Waals surface area contributed by atoms with Crippen LogP contribution in [0.15, 0.2) is 85.5 Å². The number of benzene rings is 3. The Bertz CT molecular complexity index is 1060. The molecule has 4 rings (SSSR count). The highest BCUT2D eigenvalue weighted by Gasteiger charge is 2.16. The van der Waals surface area contributed by atoms with Gasteiger partial charge in [0.1, 0.15) is 0 Å². The second-order valence-electron chi connectivity index (χ2n) is 8.61.